The molecular weight excluding hydrogens is 252 g/mol. The molecule has 0 amide bonds. The van der Waals surface area contributed by atoms with Gasteiger partial charge in [0.25, 0.3) is 0 Å². The zero-order valence-electron chi connectivity index (χ0n) is 13.3. The van der Waals surface area contributed by atoms with Crippen molar-refractivity contribution in [2.24, 2.45) is 0 Å². The Morgan fingerprint density at radius 3 is 2.25 bits per heavy atom. The summed E-state index contributed by atoms with van der Waals surface area (Å²) in [4.78, 5) is 11.3. The van der Waals surface area contributed by atoms with Crippen molar-refractivity contribution < 1.29 is 14.6 Å². The summed E-state index contributed by atoms with van der Waals surface area (Å²) >= 11 is 0. The van der Waals surface area contributed by atoms with E-state index < -0.39 is 6.29 Å². The average molecular weight is 284 g/mol. The zero-order chi connectivity index (χ0) is 15.1. The van der Waals surface area contributed by atoms with Crippen molar-refractivity contribution in [1.82, 2.24) is 0 Å². The fraction of sp³-hybridized carbons (Fsp3) is 0.824. The Morgan fingerprint density at radius 2 is 1.60 bits per heavy atom. The lowest BCUT2D eigenvalue weighted by Gasteiger charge is -2.09. The highest BCUT2D eigenvalue weighted by molar-refractivity contribution is 5.69. The largest absolute Gasteiger partial charge is 0.436 e. The summed E-state index contributed by atoms with van der Waals surface area (Å²) < 4.78 is 4.80. The predicted molar refractivity (Wildman–Crippen MR) is 83.4 cm³/mol. The van der Waals surface area contributed by atoms with Crippen LogP contribution >= 0.6 is 0 Å². The molecule has 1 unspecified atom stereocenters. The maximum absolute atomic E-state index is 11.3. The molecule has 0 heterocycles. The summed E-state index contributed by atoms with van der Waals surface area (Å²) in [6, 6.07) is 0. The average Bonchev–Trinajstić information content (AvgIpc) is 2.44. The number of carbonyl (C=O) groups is 1. The number of aliphatic hydroxyl groups is 1. The molecule has 0 aliphatic heterocycles. The third-order valence-electron chi connectivity index (χ3n) is 3.26. The van der Waals surface area contributed by atoms with Crippen molar-refractivity contribution in [2.45, 2.75) is 90.8 Å². The number of rotatable bonds is 13. The standard InChI is InChI=1S/C17H32O3/c1-3-5-6-7-8-9-10-11-12-13-14-15-17(19)20-16(18)4-2/h7-8,16,18H,3-6,9-15H2,1-2H3/b8-7-. The summed E-state index contributed by atoms with van der Waals surface area (Å²) in [7, 11) is 0. The monoisotopic (exact) mass is 284 g/mol. The molecule has 0 spiro atoms. The van der Waals surface area contributed by atoms with E-state index in [1.54, 1.807) is 6.92 Å². The normalized spacial score (nSPS) is 12.8. The topological polar surface area (TPSA) is 46.5 Å². The smallest absolute Gasteiger partial charge is 0.308 e. The molecule has 0 aromatic carbocycles. The van der Waals surface area contributed by atoms with Crippen LogP contribution in [0, 0.1) is 0 Å². The lowest BCUT2D eigenvalue weighted by Crippen LogP contribution is -2.16. The van der Waals surface area contributed by atoms with Gasteiger partial charge in [-0.25, -0.2) is 0 Å². The number of hydrogen-bond acceptors (Lipinski definition) is 3. The molecule has 20 heavy (non-hydrogen) atoms. The van der Waals surface area contributed by atoms with E-state index in [9.17, 15) is 4.79 Å². The molecule has 1 atom stereocenters. The molecule has 3 nitrogen and oxygen atoms in total. The van der Waals surface area contributed by atoms with Crippen LogP contribution in [0.4, 0.5) is 0 Å². The van der Waals surface area contributed by atoms with E-state index in [2.05, 4.69) is 19.1 Å². The SMILES string of the molecule is CCCC/C=C\CCCCCCCC(=O)OC(O)CC. The summed E-state index contributed by atoms with van der Waals surface area (Å²) in [5.41, 5.74) is 0. The molecular formula is C17H32O3. The summed E-state index contributed by atoms with van der Waals surface area (Å²) in [5, 5.41) is 9.16. The van der Waals surface area contributed by atoms with E-state index >= 15 is 0 Å². The van der Waals surface area contributed by atoms with Gasteiger partial charge in [0, 0.05) is 12.8 Å². The van der Waals surface area contributed by atoms with E-state index in [1.807, 2.05) is 0 Å². The molecule has 0 saturated carbocycles. The van der Waals surface area contributed by atoms with Crippen molar-refractivity contribution >= 4 is 5.97 Å². The van der Waals surface area contributed by atoms with Crippen molar-refractivity contribution in [3.8, 4) is 0 Å². The predicted octanol–water partition coefficient (Wildman–Crippen LogP) is 4.74. The van der Waals surface area contributed by atoms with Gasteiger partial charge >= 0.3 is 5.97 Å². The van der Waals surface area contributed by atoms with Crippen LogP contribution in [0.25, 0.3) is 0 Å². The minimum Gasteiger partial charge on any atom is -0.436 e. The van der Waals surface area contributed by atoms with Crippen LogP contribution in [0.15, 0.2) is 12.2 Å². The second-order valence-corrected chi connectivity index (χ2v) is 5.27. The maximum atomic E-state index is 11.3. The highest BCUT2D eigenvalue weighted by Gasteiger charge is 2.07. The molecule has 0 radical (unpaired) electrons. The van der Waals surface area contributed by atoms with Gasteiger partial charge in [0.1, 0.15) is 0 Å². The zero-order valence-corrected chi connectivity index (χ0v) is 13.3. The first-order valence-corrected chi connectivity index (χ1v) is 8.23. The summed E-state index contributed by atoms with van der Waals surface area (Å²) in [5.74, 6) is -0.279. The van der Waals surface area contributed by atoms with Gasteiger partial charge in [-0.3, -0.25) is 4.79 Å². The van der Waals surface area contributed by atoms with Gasteiger partial charge in [0.15, 0.2) is 6.29 Å². The number of esters is 1. The first-order valence-electron chi connectivity index (χ1n) is 8.23. The molecule has 0 aromatic heterocycles. The van der Waals surface area contributed by atoms with Crippen molar-refractivity contribution in [2.75, 3.05) is 0 Å². The van der Waals surface area contributed by atoms with Crippen LogP contribution in [0.2, 0.25) is 0 Å². The molecule has 0 rings (SSSR count). The molecule has 0 saturated heterocycles. The van der Waals surface area contributed by atoms with E-state index in [0.717, 1.165) is 12.8 Å². The molecule has 118 valence electrons. The number of unbranched alkanes of at least 4 members (excludes halogenated alkanes) is 7. The molecule has 0 aliphatic rings. The Balaban J connectivity index is 3.24. The molecule has 3 heteroatoms. The Hall–Kier alpha value is -0.830. The second-order valence-electron chi connectivity index (χ2n) is 5.27. The van der Waals surface area contributed by atoms with E-state index in [4.69, 9.17) is 9.84 Å². The number of hydrogen-bond donors (Lipinski definition) is 1. The van der Waals surface area contributed by atoms with Gasteiger partial charge < -0.3 is 9.84 Å². The van der Waals surface area contributed by atoms with E-state index in [1.165, 1.54) is 44.9 Å². The van der Waals surface area contributed by atoms with Crippen LogP contribution in [0.5, 0.6) is 0 Å². The van der Waals surface area contributed by atoms with Gasteiger partial charge in [-0.2, -0.15) is 0 Å². The first kappa shape index (κ1) is 19.2. The Kier molecular flexibility index (Phi) is 14.0. The maximum Gasteiger partial charge on any atom is 0.308 e. The molecule has 0 aliphatic carbocycles. The molecule has 1 N–H and O–H groups in total. The van der Waals surface area contributed by atoms with E-state index in [-0.39, 0.29) is 5.97 Å². The van der Waals surface area contributed by atoms with Crippen LogP contribution in [0.3, 0.4) is 0 Å². The fourth-order valence-electron chi connectivity index (χ4n) is 1.91. The fourth-order valence-corrected chi connectivity index (χ4v) is 1.91. The van der Waals surface area contributed by atoms with Crippen LogP contribution in [-0.2, 0) is 9.53 Å². The first-order chi connectivity index (χ1) is 9.70. The van der Waals surface area contributed by atoms with Gasteiger partial charge in [-0.15, -0.1) is 0 Å². The lowest BCUT2D eigenvalue weighted by atomic mass is 10.1. The van der Waals surface area contributed by atoms with Gasteiger partial charge in [0.05, 0.1) is 0 Å². The highest BCUT2D eigenvalue weighted by atomic mass is 16.6. The number of allylic oxidation sites excluding steroid dienone is 2. The van der Waals surface area contributed by atoms with Crippen molar-refractivity contribution in [3.63, 3.8) is 0 Å². The van der Waals surface area contributed by atoms with Crippen molar-refractivity contribution in [1.29, 1.82) is 0 Å². The molecule has 0 aromatic rings. The van der Waals surface area contributed by atoms with Crippen molar-refractivity contribution in [3.05, 3.63) is 12.2 Å². The van der Waals surface area contributed by atoms with Gasteiger partial charge in [-0.1, -0.05) is 58.1 Å². The second kappa shape index (κ2) is 14.6. The van der Waals surface area contributed by atoms with Crippen LogP contribution < -0.4 is 0 Å². The summed E-state index contributed by atoms with van der Waals surface area (Å²) in [6.07, 6.45) is 15.0. The number of aliphatic hydroxyl groups excluding tert-OH is 1. The van der Waals surface area contributed by atoms with Gasteiger partial charge in [0.2, 0.25) is 0 Å². The minimum absolute atomic E-state index is 0.279. The Bertz CT molecular complexity index is 249. The lowest BCUT2D eigenvalue weighted by molar-refractivity contribution is -0.168. The summed E-state index contributed by atoms with van der Waals surface area (Å²) in [6.45, 7) is 4.00. The van der Waals surface area contributed by atoms with Crippen LogP contribution in [-0.4, -0.2) is 17.4 Å². The Labute approximate surface area is 124 Å². The highest BCUT2D eigenvalue weighted by Crippen LogP contribution is 2.09. The van der Waals surface area contributed by atoms with Crippen LogP contribution in [0.1, 0.15) is 84.5 Å². The third-order valence-corrected chi connectivity index (χ3v) is 3.26. The quantitative estimate of drug-likeness (QED) is 0.230. The minimum atomic E-state index is -0.929. The number of carbonyl (C=O) groups excluding carboxylic acids is 1. The molecule has 0 bridgehead atoms. The van der Waals surface area contributed by atoms with Gasteiger partial charge in [-0.05, 0) is 25.7 Å². The number of ether oxygens (including phenoxy) is 1. The van der Waals surface area contributed by atoms with E-state index in [0.29, 0.717) is 12.8 Å². The third kappa shape index (κ3) is 13.6. The Morgan fingerprint density at radius 1 is 1.00 bits per heavy atom. The molecule has 0 fully saturated rings.